The molecule has 102 valence electrons. The molecule has 0 saturated carbocycles. The van der Waals surface area contributed by atoms with Gasteiger partial charge in [-0.15, -0.1) is 11.3 Å². The SMILES string of the molecule is CC(C)C(=O)c1sc(NCCCN(C)C)cc1N. The van der Waals surface area contributed by atoms with Crippen LogP contribution in [0.1, 0.15) is 29.9 Å². The second-order valence-corrected chi connectivity index (χ2v) is 6.05. The van der Waals surface area contributed by atoms with Gasteiger partial charge in [0.25, 0.3) is 0 Å². The second kappa shape index (κ2) is 6.75. The van der Waals surface area contributed by atoms with Crippen LogP contribution in [-0.4, -0.2) is 37.9 Å². The average Bonchev–Trinajstić information content (AvgIpc) is 2.64. The third-order valence-corrected chi connectivity index (χ3v) is 3.71. The van der Waals surface area contributed by atoms with Crippen molar-refractivity contribution in [3.05, 3.63) is 10.9 Å². The number of Topliss-reactive ketones (excluding diaryl/α,β-unsaturated/α-hetero) is 1. The number of anilines is 2. The van der Waals surface area contributed by atoms with Crippen LogP contribution in [0.5, 0.6) is 0 Å². The highest BCUT2D eigenvalue weighted by Gasteiger charge is 2.17. The molecular weight excluding hydrogens is 246 g/mol. The number of rotatable bonds is 7. The molecule has 3 N–H and O–H groups in total. The molecule has 0 bridgehead atoms. The Labute approximate surface area is 113 Å². The minimum Gasteiger partial charge on any atom is -0.397 e. The highest BCUT2D eigenvalue weighted by molar-refractivity contribution is 7.18. The second-order valence-electron chi connectivity index (χ2n) is 5.00. The molecule has 0 aliphatic carbocycles. The molecular formula is C13H23N3OS. The topological polar surface area (TPSA) is 58.4 Å². The van der Waals surface area contributed by atoms with Crippen LogP contribution in [-0.2, 0) is 0 Å². The zero-order valence-corrected chi connectivity index (χ0v) is 12.4. The zero-order chi connectivity index (χ0) is 13.7. The molecule has 0 aromatic carbocycles. The van der Waals surface area contributed by atoms with Gasteiger partial charge in [-0.3, -0.25) is 4.79 Å². The summed E-state index contributed by atoms with van der Waals surface area (Å²) in [6.07, 6.45) is 1.07. The maximum atomic E-state index is 11.9. The fraction of sp³-hybridized carbons (Fsp3) is 0.615. The Kier molecular flexibility index (Phi) is 5.62. The molecule has 0 radical (unpaired) electrons. The molecule has 4 nitrogen and oxygen atoms in total. The largest absolute Gasteiger partial charge is 0.397 e. The van der Waals surface area contributed by atoms with E-state index in [1.807, 2.05) is 19.9 Å². The fourth-order valence-corrected chi connectivity index (χ4v) is 2.65. The molecule has 5 heteroatoms. The van der Waals surface area contributed by atoms with Gasteiger partial charge >= 0.3 is 0 Å². The van der Waals surface area contributed by atoms with Crippen molar-refractivity contribution in [3.8, 4) is 0 Å². The number of hydrogen-bond donors (Lipinski definition) is 2. The molecule has 0 amide bonds. The maximum Gasteiger partial charge on any atom is 0.177 e. The third-order valence-electron chi connectivity index (χ3n) is 2.59. The fourth-order valence-electron chi connectivity index (χ4n) is 1.55. The van der Waals surface area contributed by atoms with Crippen molar-refractivity contribution in [2.45, 2.75) is 20.3 Å². The summed E-state index contributed by atoms with van der Waals surface area (Å²) in [4.78, 5) is 14.7. The average molecular weight is 269 g/mol. The molecule has 0 aliphatic heterocycles. The molecule has 1 aromatic rings. The van der Waals surface area contributed by atoms with Crippen molar-refractivity contribution >= 4 is 27.8 Å². The van der Waals surface area contributed by atoms with Gasteiger partial charge in [0.1, 0.15) is 0 Å². The number of nitrogens with one attached hydrogen (secondary N) is 1. The van der Waals surface area contributed by atoms with Gasteiger partial charge in [-0.05, 0) is 33.1 Å². The summed E-state index contributed by atoms with van der Waals surface area (Å²) in [5, 5.41) is 4.30. The molecule has 0 saturated heterocycles. The van der Waals surface area contributed by atoms with E-state index in [4.69, 9.17) is 5.73 Å². The summed E-state index contributed by atoms with van der Waals surface area (Å²) in [5.74, 6) is 0.117. The molecule has 0 spiro atoms. The number of nitrogens with two attached hydrogens (primary N) is 1. The standard InChI is InChI=1S/C13H23N3OS/c1-9(2)12(17)13-10(14)8-11(18-13)15-6-5-7-16(3)4/h8-9,15H,5-7,14H2,1-4H3. The van der Waals surface area contributed by atoms with Crippen molar-refractivity contribution in [3.63, 3.8) is 0 Å². The van der Waals surface area contributed by atoms with Gasteiger partial charge in [-0.1, -0.05) is 13.8 Å². The number of carbonyl (C=O) groups is 1. The van der Waals surface area contributed by atoms with Crippen LogP contribution in [0, 0.1) is 5.92 Å². The van der Waals surface area contributed by atoms with E-state index in [0.29, 0.717) is 10.6 Å². The Bertz CT molecular complexity index is 399. The molecule has 1 aromatic heterocycles. The molecule has 1 rings (SSSR count). The van der Waals surface area contributed by atoms with Gasteiger partial charge in [0, 0.05) is 12.5 Å². The predicted octanol–water partition coefficient (Wildman–Crippen LogP) is 2.53. The van der Waals surface area contributed by atoms with Gasteiger partial charge in [-0.2, -0.15) is 0 Å². The highest BCUT2D eigenvalue weighted by atomic mass is 32.1. The maximum absolute atomic E-state index is 11.9. The van der Waals surface area contributed by atoms with Crippen molar-refractivity contribution < 1.29 is 4.79 Å². The van der Waals surface area contributed by atoms with Crippen molar-refractivity contribution in [2.24, 2.45) is 5.92 Å². The minimum atomic E-state index is -0.00691. The first kappa shape index (κ1) is 15.0. The molecule has 0 atom stereocenters. The number of ketones is 1. The summed E-state index contributed by atoms with van der Waals surface area (Å²) < 4.78 is 0. The first-order valence-corrected chi connectivity index (χ1v) is 7.05. The van der Waals surface area contributed by atoms with E-state index < -0.39 is 0 Å². The molecule has 0 unspecified atom stereocenters. The normalized spacial score (nSPS) is 11.2. The van der Waals surface area contributed by atoms with Crippen LogP contribution < -0.4 is 11.1 Å². The van der Waals surface area contributed by atoms with Gasteiger partial charge in [0.2, 0.25) is 0 Å². The van der Waals surface area contributed by atoms with E-state index in [1.165, 1.54) is 11.3 Å². The van der Waals surface area contributed by atoms with Crippen LogP contribution in [0.25, 0.3) is 0 Å². The van der Waals surface area contributed by atoms with E-state index in [1.54, 1.807) is 0 Å². The number of nitrogen functional groups attached to an aromatic ring is 1. The van der Waals surface area contributed by atoms with E-state index in [-0.39, 0.29) is 11.7 Å². The summed E-state index contributed by atoms with van der Waals surface area (Å²) in [5.41, 5.74) is 6.47. The predicted molar refractivity (Wildman–Crippen MR) is 79.6 cm³/mol. The zero-order valence-electron chi connectivity index (χ0n) is 11.6. The number of carbonyl (C=O) groups excluding carboxylic acids is 1. The third kappa shape index (κ3) is 4.31. The highest BCUT2D eigenvalue weighted by Crippen LogP contribution is 2.31. The summed E-state index contributed by atoms with van der Waals surface area (Å²) in [7, 11) is 4.12. The van der Waals surface area contributed by atoms with Crippen LogP contribution in [0.2, 0.25) is 0 Å². The smallest absolute Gasteiger partial charge is 0.177 e. The Hall–Kier alpha value is -1.07. The monoisotopic (exact) mass is 269 g/mol. The Morgan fingerprint density at radius 1 is 1.50 bits per heavy atom. The van der Waals surface area contributed by atoms with Crippen LogP contribution in [0.15, 0.2) is 6.07 Å². The lowest BCUT2D eigenvalue weighted by Gasteiger charge is -2.09. The summed E-state index contributed by atoms with van der Waals surface area (Å²) >= 11 is 1.46. The number of thiophene rings is 1. The van der Waals surface area contributed by atoms with E-state index in [9.17, 15) is 4.79 Å². The molecule has 0 aliphatic rings. The Morgan fingerprint density at radius 2 is 2.17 bits per heavy atom. The van der Waals surface area contributed by atoms with Gasteiger partial charge in [-0.25, -0.2) is 0 Å². The van der Waals surface area contributed by atoms with Crippen molar-refractivity contribution in [2.75, 3.05) is 38.2 Å². The summed E-state index contributed by atoms with van der Waals surface area (Å²) in [6.45, 7) is 5.73. The lowest BCUT2D eigenvalue weighted by molar-refractivity contribution is 0.0944. The minimum absolute atomic E-state index is 0.00691. The summed E-state index contributed by atoms with van der Waals surface area (Å²) in [6, 6.07) is 1.86. The van der Waals surface area contributed by atoms with Gasteiger partial charge in [0.15, 0.2) is 5.78 Å². The molecule has 1 heterocycles. The number of hydrogen-bond acceptors (Lipinski definition) is 5. The lowest BCUT2D eigenvalue weighted by atomic mass is 10.1. The van der Waals surface area contributed by atoms with Crippen LogP contribution in [0.3, 0.4) is 0 Å². The Balaban J connectivity index is 2.54. The van der Waals surface area contributed by atoms with Gasteiger partial charge in [0.05, 0.1) is 15.6 Å². The first-order chi connectivity index (χ1) is 8.41. The molecule has 0 fully saturated rings. The first-order valence-electron chi connectivity index (χ1n) is 6.24. The lowest BCUT2D eigenvalue weighted by Crippen LogP contribution is -2.16. The van der Waals surface area contributed by atoms with E-state index in [2.05, 4.69) is 24.3 Å². The van der Waals surface area contributed by atoms with E-state index >= 15 is 0 Å². The van der Waals surface area contributed by atoms with Crippen molar-refractivity contribution in [1.29, 1.82) is 0 Å². The van der Waals surface area contributed by atoms with Crippen molar-refractivity contribution in [1.82, 2.24) is 4.90 Å². The van der Waals surface area contributed by atoms with Crippen LogP contribution >= 0.6 is 11.3 Å². The van der Waals surface area contributed by atoms with Gasteiger partial charge < -0.3 is 16.0 Å². The Morgan fingerprint density at radius 3 is 2.72 bits per heavy atom. The van der Waals surface area contributed by atoms with Crippen LogP contribution in [0.4, 0.5) is 10.7 Å². The van der Waals surface area contributed by atoms with E-state index in [0.717, 1.165) is 24.5 Å². The quantitative estimate of drug-likeness (QED) is 0.590. The number of nitrogens with zero attached hydrogens (tertiary/aromatic N) is 1. The molecule has 18 heavy (non-hydrogen) atoms.